The van der Waals surface area contributed by atoms with E-state index in [0.717, 1.165) is 0 Å². The first-order valence-electron chi connectivity index (χ1n) is 4.02. The van der Waals surface area contributed by atoms with Gasteiger partial charge in [0, 0.05) is 11.6 Å². The van der Waals surface area contributed by atoms with Gasteiger partial charge in [-0.3, -0.25) is 0 Å². The molecular formula is C12H8BrCuF2Li2. The van der Waals surface area contributed by atoms with Gasteiger partial charge >= 0.3 is 54.8 Å². The van der Waals surface area contributed by atoms with E-state index in [4.69, 9.17) is 0 Å². The van der Waals surface area contributed by atoms with E-state index < -0.39 is 0 Å². The van der Waals surface area contributed by atoms with Crippen LogP contribution < -0.4 is 54.7 Å². The fourth-order valence-corrected chi connectivity index (χ4v) is 0.733. The summed E-state index contributed by atoms with van der Waals surface area (Å²) in [6, 6.07) is 17.0. The van der Waals surface area contributed by atoms with Crippen LogP contribution in [0, 0.1) is 23.8 Å². The monoisotopic (exact) mass is 346 g/mol. The molecular weight excluding hydrogens is 339 g/mol. The molecule has 0 aliphatic carbocycles. The van der Waals surface area contributed by atoms with E-state index in [1.807, 2.05) is 0 Å². The molecule has 0 radical (unpaired) electrons. The summed E-state index contributed by atoms with van der Waals surface area (Å²) in [7, 11) is 0. The van der Waals surface area contributed by atoms with Crippen molar-refractivity contribution in [3.05, 3.63) is 72.3 Å². The fourth-order valence-electron chi connectivity index (χ4n) is 0.733. The molecule has 0 heterocycles. The smallest absolute Gasteiger partial charge is 1.00 e. The van der Waals surface area contributed by atoms with Gasteiger partial charge in [-0.1, -0.05) is 0 Å². The van der Waals surface area contributed by atoms with Gasteiger partial charge < -0.3 is 17.0 Å². The van der Waals surface area contributed by atoms with E-state index in [1.165, 1.54) is 48.5 Å². The second-order valence-electron chi connectivity index (χ2n) is 2.44. The Labute approximate surface area is 152 Å². The molecule has 2 aromatic rings. The first kappa shape index (κ1) is 26.9. The molecule has 0 bridgehead atoms. The summed E-state index contributed by atoms with van der Waals surface area (Å²) in [5.74, 6) is -0.419. The van der Waals surface area contributed by atoms with Crippen LogP contribution in [-0.4, -0.2) is 0 Å². The maximum absolute atomic E-state index is 11.9. The molecule has 0 aromatic heterocycles. The van der Waals surface area contributed by atoms with Crippen molar-refractivity contribution < 1.29 is 80.6 Å². The Hall–Kier alpha value is 0.494. The molecule has 18 heavy (non-hydrogen) atoms. The van der Waals surface area contributed by atoms with Crippen molar-refractivity contribution in [2.75, 3.05) is 0 Å². The van der Waals surface area contributed by atoms with Crippen molar-refractivity contribution in [1.29, 1.82) is 0 Å². The van der Waals surface area contributed by atoms with Crippen LogP contribution in [0.1, 0.15) is 0 Å². The third-order valence-electron chi connectivity index (χ3n) is 1.36. The van der Waals surface area contributed by atoms with Crippen LogP contribution in [0.15, 0.2) is 48.5 Å². The van der Waals surface area contributed by atoms with Crippen LogP contribution in [-0.2, 0) is 17.1 Å². The molecule has 0 nitrogen and oxygen atoms in total. The molecule has 0 aliphatic heterocycles. The minimum atomic E-state index is -0.209. The molecule has 2 aromatic carbocycles. The van der Waals surface area contributed by atoms with Gasteiger partial charge in [-0.15, -0.1) is 24.3 Å². The Kier molecular flexibility index (Phi) is 26.2. The van der Waals surface area contributed by atoms with Gasteiger partial charge in [0.15, 0.2) is 0 Å². The maximum Gasteiger partial charge on any atom is 1.00 e. The summed E-state index contributed by atoms with van der Waals surface area (Å²) in [5, 5.41) is 0. The van der Waals surface area contributed by atoms with Crippen molar-refractivity contribution in [2.45, 2.75) is 0 Å². The van der Waals surface area contributed by atoms with E-state index >= 15 is 0 Å². The van der Waals surface area contributed by atoms with E-state index in [-0.39, 0.29) is 83.4 Å². The van der Waals surface area contributed by atoms with Crippen LogP contribution in [0.2, 0.25) is 0 Å². The Bertz CT molecular complexity index is 325. The Morgan fingerprint density at radius 3 is 1.00 bits per heavy atom. The molecule has 0 amide bonds. The van der Waals surface area contributed by atoms with E-state index in [9.17, 15) is 8.78 Å². The van der Waals surface area contributed by atoms with Crippen molar-refractivity contribution in [3.8, 4) is 0 Å². The van der Waals surface area contributed by atoms with Crippen LogP contribution in [0.4, 0.5) is 8.78 Å². The zero-order valence-corrected chi connectivity index (χ0v) is 12.6. The van der Waals surface area contributed by atoms with Gasteiger partial charge in [0.2, 0.25) is 0 Å². The molecule has 0 fully saturated rings. The van der Waals surface area contributed by atoms with Crippen LogP contribution in [0.3, 0.4) is 0 Å². The Morgan fingerprint density at radius 2 is 0.889 bits per heavy atom. The molecule has 0 atom stereocenters. The van der Waals surface area contributed by atoms with Crippen molar-refractivity contribution in [2.24, 2.45) is 0 Å². The van der Waals surface area contributed by atoms with Crippen molar-refractivity contribution >= 4 is 0 Å². The second-order valence-corrected chi connectivity index (χ2v) is 2.44. The molecule has 0 saturated heterocycles. The van der Waals surface area contributed by atoms with Crippen LogP contribution in [0.25, 0.3) is 0 Å². The molecule has 90 valence electrons. The fraction of sp³-hybridized carbons (Fsp3) is 0. The van der Waals surface area contributed by atoms with Crippen LogP contribution >= 0.6 is 0 Å². The van der Waals surface area contributed by atoms with Crippen LogP contribution in [0.5, 0.6) is 0 Å². The quantitative estimate of drug-likeness (QED) is 0.329. The number of hydrogen-bond donors (Lipinski definition) is 0. The summed E-state index contributed by atoms with van der Waals surface area (Å²) >= 11 is 0. The van der Waals surface area contributed by atoms with E-state index in [1.54, 1.807) is 0 Å². The van der Waals surface area contributed by atoms with Gasteiger partial charge in [-0.05, 0) is 0 Å². The predicted octanol–water partition coefficient (Wildman–Crippen LogP) is -5.74. The van der Waals surface area contributed by atoms with Gasteiger partial charge in [-0.25, -0.2) is 8.78 Å². The van der Waals surface area contributed by atoms with Gasteiger partial charge in [0.25, 0.3) is 0 Å². The topological polar surface area (TPSA) is 0 Å². The third kappa shape index (κ3) is 14.6. The van der Waals surface area contributed by atoms with E-state index in [0.29, 0.717) is 0 Å². The number of halogens is 3. The molecule has 0 unspecified atom stereocenters. The van der Waals surface area contributed by atoms with Gasteiger partial charge in [0.05, 0.1) is 0 Å². The van der Waals surface area contributed by atoms with Gasteiger partial charge in [-0.2, -0.15) is 36.4 Å². The van der Waals surface area contributed by atoms with Crippen molar-refractivity contribution in [3.63, 3.8) is 0 Å². The average Bonchev–Trinajstić information content (AvgIpc) is 2.21. The third-order valence-corrected chi connectivity index (χ3v) is 1.36. The zero-order chi connectivity index (χ0) is 10.2. The van der Waals surface area contributed by atoms with Crippen molar-refractivity contribution in [1.82, 2.24) is 0 Å². The Balaban J connectivity index is -0.0000000891. The molecule has 0 saturated carbocycles. The first-order valence-corrected chi connectivity index (χ1v) is 4.02. The summed E-state index contributed by atoms with van der Waals surface area (Å²) in [5.41, 5.74) is 0. The molecule has 6 heteroatoms. The SMILES string of the molecule is Fc1cc[c-]cc1.Fc1cc[c-]cc1.[Br-].[Cu+].[Li+].[Li+]. The summed E-state index contributed by atoms with van der Waals surface area (Å²) in [6.07, 6.45) is 0. The van der Waals surface area contributed by atoms with Gasteiger partial charge in [0.1, 0.15) is 0 Å². The average molecular weight is 348 g/mol. The second kappa shape index (κ2) is 17.5. The number of rotatable bonds is 0. The predicted molar refractivity (Wildman–Crippen MR) is 50.5 cm³/mol. The standard InChI is InChI=1S/2C6H4F.BrH.Cu.2Li/c2*7-6-4-2-1-3-5-6;;;;/h2*2-5H;1H;;;/q2*-1;;3*+1/p-1. The minimum absolute atomic E-state index is 0. The largest absolute Gasteiger partial charge is 1.00 e. The zero-order valence-electron chi connectivity index (χ0n) is 10.1. The first-order chi connectivity index (χ1) is 6.79. The number of benzene rings is 2. The maximum atomic E-state index is 11.9. The minimum Gasteiger partial charge on any atom is -1.00 e. The summed E-state index contributed by atoms with van der Waals surface area (Å²) in [6.45, 7) is 0. The molecule has 0 aliphatic rings. The molecule has 0 spiro atoms. The normalized spacial score (nSPS) is 6.78. The Morgan fingerprint density at radius 1 is 0.667 bits per heavy atom. The summed E-state index contributed by atoms with van der Waals surface area (Å²) in [4.78, 5) is 0. The molecule has 2 rings (SSSR count). The number of hydrogen-bond acceptors (Lipinski definition) is 0. The van der Waals surface area contributed by atoms with E-state index in [2.05, 4.69) is 12.1 Å². The molecule has 0 N–H and O–H groups in total. The summed E-state index contributed by atoms with van der Waals surface area (Å²) < 4.78 is 23.8.